The fourth-order valence-corrected chi connectivity index (χ4v) is 1.89. The van der Waals surface area contributed by atoms with Gasteiger partial charge < -0.3 is 4.74 Å². The fraction of sp³-hybridized carbons (Fsp3) is 0.778. The van der Waals surface area contributed by atoms with Gasteiger partial charge in [0.2, 0.25) is 0 Å². The highest BCUT2D eigenvalue weighted by Gasteiger charge is 2.18. The van der Waals surface area contributed by atoms with Crippen molar-refractivity contribution in [2.45, 2.75) is 37.0 Å². The maximum atomic E-state index is 5.54. The summed E-state index contributed by atoms with van der Waals surface area (Å²) >= 11 is 4.44. The Balaban J connectivity index is 2.17. The molecule has 0 heterocycles. The van der Waals surface area contributed by atoms with Gasteiger partial charge in [-0.25, -0.2) is 0 Å². The van der Waals surface area contributed by atoms with Crippen molar-refractivity contribution in [3.8, 4) is 0 Å². The molecule has 0 bridgehead atoms. The first-order chi connectivity index (χ1) is 5.33. The van der Waals surface area contributed by atoms with Gasteiger partial charge in [-0.1, -0.05) is 6.08 Å². The van der Waals surface area contributed by atoms with Crippen LogP contribution in [0, 0.1) is 0 Å². The highest BCUT2D eigenvalue weighted by Crippen LogP contribution is 2.24. The van der Waals surface area contributed by atoms with Crippen LogP contribution in [0.15, 0.2) is 12.7 Å². The van der Waals surface area contributed by atoms with Gasteiger partial charge in [-0.3, -0.25) is 0 Å². The minimum atomic E-state index is 0.434. The van der Waals surface area contributed by atoms with Crippen molar-refractivity contribution >= 4 is 12.6 Å². The predicted molar refractivity (Wildman–Crippen MR) is 51.2 cm³/mol. The number of ether oxygens (including phenoxy) is 1. The summed E-state index contributed by atoms with van der Waals surface area (Å²) in [6.45, 7) is 4.31. The molecule has 0 aliphatic heterocycles. The summed E-state index contributed by atoms with van der Waals surface area (Å²) in [5, 5.41) is 0.554. The Morgan fingerprint density at radius 2 is 2.36 bits per heavy atom. The van der Waals surface area contributed by atoms with E-state index in [1.807, 2.05) is 6.08 Å². The van der Waals surface area contributed by atoms with Crippen LogP contribution in [-0.4, -0.2) is 18.0 Å². The molecule has 2 unspecified atom stereocenters. The predicted octanol–water partition coefficient (Wildman–Crippen LogP) is 2.43. The first kappa shape index (κ1) is 9.14. The van der Waals surface area contributed by atoms with E-state index in [-0.39, 0.29) is 0 Å². The van der Waals surface area contributed by atoms with E-state index in [2.05, 4.69) is 19.2 Å². The van der Waals surface area contributed by atoms with Gasteiger partial charge in [-0.2, -0.15) is 12.6 Å². The van der Waals surface area contributed by atoms with Crippen molar-refractivity contribution in [1.29, 1.82) is 0 Å². The first-order valence-electron chi connectivity index (χ1n) is 4.23. The summed E-state index contributed by atoms with van der Waals surface area (Å²) in [6.07, 6.45) is 7.06. The van der Waals surface area contributed by atoms with Crippen molar-refractivity contribution in [2.75, 3.05) is 6.61 Å². The van der Waals surface area contributed by atoms with E-state index in [0.29, 0.717) is 18.0 Å². The molecule has 1 saturated carbocycles. The molecular formula is C9H16OS. The molecule has 0 N–H and O–H groups in total. The highest BCUT2D eigenvalue weighted by molar-refractivity contribution is 7.80. The van der Waals surface area contributed by atoms with Crippen LogP contribution in [0.1, 0.15) is 25.7 Å². The Bertz CT molecular complexity index is 125. The molecule has 0 aromatic heterocycles. The molecule has 0 aromatic carbocycles. The summed E-state index contributed by atoms with van der Waals surface area (Å²) < 4.78 is 5.54. The van der Waals surface area contributed by atoms with Crippen LogP contribution in [0.3, 0.4) is 0 Å². The Morgan fingerprint density at radius 1 is 1.55 bits per heavy atom. The van der Waals surface area contributed by atoms with E-state index in [1.54, 1.807) is 0 Å². The molecule has 2 heteroatoms. The Labute approximate surface area is 74.2 Å². The second-order valence-electron chi connectivity index (χ2n) is 3.06. The molecule has 0 amide bonds. The second kappa shape index (κ2) is 4.83. The van der Waals surface area contributed by atoms with Crippen LogP contribution in [0.5, 0.6) is 0 Å². The highest BCUT2D eigenvalue weighted by atomic mass is 32.1. The van der Waals surface area contributed by atoms with Crippen LogP contribution >= 0.6 is 12.6 Å². The zero-order valence-electron chi connectivity index (χ0n) is 6.83. The van der Waals surface area contributed by atoms with Crippen molar-refractivity contribution in [1.82, 2.24) is 0 Å². The molecule has 0 spiro atoms. The summed E-state index contributed by atoms with van der Waals surface area (Å²) in [6, 6.07) is 0. The van der Waals surface area contributed by atoms with Gasteiger partial charge >= 0.3 is 0 Å². The standard InChI is InChI=1S/C9H16OS/c1-2-6-10-8-4-3-5-9(11)7-8/h2,8-9,11H,1,3-7H2. The first-order valence-corrected chi connectivity index (χ1v) is 4.75. The maximum Gasteiger partial charge on any atom is 0.0648 e. The number of rotatable bonds is 3. The normalized spacial score (nSPS) is 31.7. The lowest BCUT2D eigenvalue weighted by molar-refractivity contribution is 0.0487. The summed E-state index contributed by atoms with van der Waals surface area (Å²) in [7, 11) is 0. The van der Waals surface area contributed by atoms with E-state index in [9.17, 15) is 0 Å². The smallest absolute Gasteiger partial charge is 0.0648 e. The molecule has 0 saturated heterocycles. The summed E-state index contributed by atoms with van der Waals surface area (Å²) in [5.74, 6) is 0. The number of thiol groups is 1. The van der Waals surface area contributed by atoms with Crippen LogP contribution < -0.4 is 0 Å². The second-order valence-corrected chi connectivity index (χ2v) is 3.79. The average molecular weight is 172 g/mol. The molecule has 1 fully saturated rings. The lowest BCUT2D eigenvalue weighted by atomic mass is 9.97. The third-order valence-electron chi connectivity index (χ3n) is 2.05. The van der Waals surface area contributed by atoms with Gasteiger partial charge in [-0.15, -0.1) is 6.58 Å². The molecule has 0 aromatic rings. The quantitative estimate of drug-likeness (QED) is 0.508. The van der Waals surface area contributed by atoms with Crippen LogP contribution in [-0.2, 0) is 4.74 Å². The van der Waals surface area contributed by atoms with Gasteiger partial charge in [0.15, 0.2) is 0 Å². The molecule has 1 aliphatic rings. The SMILES string of the molecule is C=CCOC1CCCC(S)C1. The molecule has 64 valence electrons. The lowest BCUT2D eigenvalue weighted by Crippen LogP contribution is -2.23. The molecular weight excluding hydrogens is 156 g/mol. The van der Waals surface area contributed by atoms with Crippen molar-refractivity contribution in [3.05, 3.63) is 12.7 Å². The topological polar surface area (TPSA) is 9.23 Å². The lowest BCUT2D eigenvalue weighted by Gasteiger charge is -2.25. The minimum Gasteiger partial charge on any atom is -0.374 e. The van der Waals surface area contributed by atoms with Crippen LogP contribution in [0.4, 0.5) is 0 Å². The fourth-order valence-electron chi connectivity index (χ4n) is 1.48. The van der Waals surface area contributed by atoms with E-state index < -0.39 is 0 Å². The molecule has 1 rings (SSSR count). The van der Waals surface area contributed by atoms with E-state index in [1.165, 1.54) is 19.3 Å². The van der Waals surface area contributed by atoms with E-state index in [0.717, 1.165) is 6.42 Å². The van der Waals surface area contributed by atoms with Crippen LogP contribution in [0.25, 0.3) is 0 Å². The largest absolute Gasteiger partial charge is 0.374 e. The Hall–Kier alpha value is 0.0500. The molecule has 0 radical (unpaired) electrons. The molecule has 2 atom stereocenters. The number of hydrogen-bond acceptors (Lipinski definition) is 2. The zero-order valence-corrected chi connectivity index (χ0v) is 7.72. The van der Waals surface area contributed by atoms with Gasteiger partial charge in [0.05, 0.1) is 12.7 Å². The molecule has 1 nitrogen and oxygen atoms in total. The summed E-state index contributed by atoms with van der Waals surface area (Å²) in [5.41, 5.74) is 0. The van der Waals surface area contributed by atoms with E-state index >= 15 is 0 Å². The van der Waals surface area contributed by atoms with Gasteiger partial charge in [0.1, 0.15) is 0 Å². The van der Waals surface area contributed by atoms with Gasteiger partial charge in [0.25, 0.3) is 0 Å². The van der Waals surface area contributed by atoms with Crippen LogP contribution in [0.2, 0.25) is 0 Å². The Morgan fingerprint density at radius 3 is 3.00 bits per heavy atom. The summed E-state index contributed by atoms with van der Waals surface area (Å²) in [4.78, 5) is 0. The van der Waals surface area contributed by atoms with Crippen molar-refractivity contribution in [2.24, 2.45) is 0 Å². The monoisotopic (exact) mass is 172 g/mol. The zero-order chi connectivity index (χ0) is 8.10. The maximum absolute atomic E-state index is 5.54. The van der Waals surface area contributed by atoms with E-state index in [4.69, 9.17) is 4.74 Å². The Kier molecular flexibility index (Phi) is 4.02. The van der Waals surface area contributed by atoms with Gasteiger partial charge in [-0.05, 0) is 25.7 Å². The van der Waals surface area contributed by atoms with Gasteiger partial charge in [0, 0.05) is 5.25 Å². The molecule has 11 heavy (non-hydrogen) atoms. The minimum absolute atomic E-state index is 0.434. The van der Waals surface area contributed by atoms with Crippen molar-refractivity contribution in [3.63, 3.8) is 0 Å². The van der Waals surface area contributed by atoms with Crippen molar-refractivity contribution < 1.29 is 4.74 Å². The molecule has 1 aliphatic carbocycles. The third-order valence-corrected chi connectivity index (χ3v) is 2.52. The third kappa shape index (κ3) is 3.30. The average Bonchev–Trinajstić information content (AvgIpc) is 2.01. The number of hydrogen-bond donors (Lipinski definition) is 1.